The first-order chi connectivity index (χ1) is 28.7. The van der Waals surface area contributed by atoms with Crippen LogP contribution in [0, 0.1) is 0 Å². The molecule has 278 valence electrons. The van der Waals surface area contributed by atoms with Crippen LogP contribution in [0.3, 0.4) is 0 Å². The van der Waals surface area contributed by atoms with Crippen molar-refractivity contribution in [3.8, 4) is 45.3 Å². The predicted octanol–water partition coefficient (Wildman–Crippen LogP) is 15.6. The lowest BCUT2D eigenvalue weighted by Gasteiger charge is -2.36. The fourth-order valence-corrected chi connectivity index (χ4v) is 7.54. The standard InChI is InChI=1S/C54H40N2O2/c1-3-4-22-39(2)44-33-21-36-51-54(44)58-53-38-50(56(43-29-15-8-16-30-43)48-35-20-18-32-46(48)41-25-11-6-12-26-41)49(37-52(53)57-51)55(42-27-13-7-14-28-42)47-34-19-17-31-45(47)40-23-9-5-10-24-40/h3-38H,1-2H2/b22-4-. The Bertz CT molecular complexity index is 2760. The minimum absolute atomic E-state index is 0.585. The highest BCUT2D eigenvalue weighted by Crippen LogP contribution is 2.56. The monoisotopic (exact) mass is 748 g/mol. The molecular formula is C54H40N2O2. The van der Waals surface area contributed by atoms with Crippen LogP contribution in [0.4, 0.5) is 34.1 Å². The lowest BCUT2D eigenvalue weighted by atomic mass is 9.99. The molecule has 9 rings (SSSR count). The van der Waals surface area contributed by atoms with Gasteiger partial charge in [-0.25, -0.2) is 0 Å². The molecule has 8 aromatic carbocycles. The van der Waals surface area contributed by atoms with Crippen LogP contribution in [0.25, 0.3) is 27.8 Å². The zero-order valence-electron chi connectivity index (χ0n) is 31.9. The molecule has 0 aliphatic carbocycles. The van der Waals surface area contributed by atoms with Crippen molar-refractivity contribution in [1.82, 2.24) is 0 Å². The van der Waals surface area contributed by atoms with Crippen molar-refractivity contribution in [2.45, 2.75) is 0 Å². The van der Waals surface area contributed by atoms with E-state index in [2.05, 4.69) is 199 Å². The Morgan fingerprint density at radius 1 is 0.431 bits per heavy atom. The first kappa shape index (κ1) is 35.9. The number of para-hydroxylation sites is 5. The van der Waals surface area contributed by atoms with Gasteiger partial charge in [-0.2, -0.15) is 0 Å². The van der Waals surface area contributed by atoms with E-state index >= 15 is 0 Å². The first-order valence-corrected chi connectivity index (χ1v) is 19.3. The third-order valence-electron chi connectivity index (χ3n) is 10.2. The Kier molecular flexibility index (Phi) is 9.96. The molecule has 0 aromatic heterocycles. The summed E-state index contributed by atoms with van der Waals surface area (Å²) in [4.78, 5) is 4.66. The summed E-state index contributed by atoms with van der Waals surface area (Å²) in [6, 6.07) is 69.3. The molecule has 0 radical (unpaired) electrons. The molecule has 1 aliphatic rings. The van der Waals surface area contributed by atoms with Crippen LogP contribution < -0.4 is 19.3 Å². The van der Waals surface area contributed by atoms with E-state index in [0.29, 0.717) is 23.0 Å². The zero-order valence-corrected chi connectivity index (χ0v) is 31.9. The highest BCUT2D eigenvalue weighted by Gasteiger charge is 2.31. The number of ether oxygens (including phenoxy) is 2. The van der Waals surface area contributed by atoms with Gasteiger partial charge in [0.15, 0.2) is 23.0 Å². The number of hydrogen-bond acceptors (Lipinski definition) is 4. The molecule has 4 nitrogen and oxygen atoms in total. The number of hydrogen-bond donors (Lipinski definition) is 0. The molecule has 0 amide bonds. The van der Waals surface area contributed by atoms with E-state index in [1.54, 1.807) is 6.08 Å². The molecule has 0 N–H and O–H groups in total. The topological polar surface area (TPSA) is 24.9 Å². The Morgan fingerprint density at radius 3 is 1.38 bits per heavy atom. The lowest BCUT2D eigenvalue weighted by Crippen LogP contribution is -2.18. The SMILES string of the molecule is C=C/C=C\C(=C)c1cccc2c1Oc1cc(N(c3ccccc3)c3ccccc3-c3ccccc3)c(N(c3ccccc3)c3ccccc3-c3ccccc3)cc1O2. The van der Waals surface area contributed by atoms with Gasteiger partial charge in [0.2, 0.25) is 0 Å². The predicted molar refractivity (Wildman–Crippen MR) is 242 cm³/mol. The zero-order chi connectivity index (χ0) is 39.3. The molecule has 8 aromatic rings. The van der Waals surface area contributed by atoms with Crippen LogP contribution in [0.1, 0.15) is 5.56 Å². The third-order valence-corrected chi connectivity index (χ3v) is 10.2. The van der Waals surface area contributed by atoms with Crippen molar-refractivity contribution in [2.24, 2.45) is 0 Å². The van der Waals surface area contributed by atoms with Gasteiger partial charge >= 0.3 is 0 Å². The van der Waals surface area contributed by atoms with Crippen molar-refractivity contribution in [3.05, 3.63) is 237 Å². The average Bonchev–Trinajstić information content (AvgIpc) is 3.29. The van der Waals surface area contributed by atoms with Crippen LogP contribution in [0.5, 0.6) is 23.0 Å². The molecular weight excluding hydrogens is 709 g/mol. The molecule has 0 unspecified atom stereocenters. The summed E-state index contributed by atoms with van der Waals surface area (Å²) in [5.74, 6) is 2.40. The highest BCUT2D eigenvalue weighted by atomic mass is 16.6. The van der Waals surface area contributed by atoms with Gasteiger partial charge < -0.3 is 19.3 Å². The van der Waals surface area contributed by atoms with Crippen molar-refractivity contribution in [2.75, 3.05) is 9.80 Å². The van der Waals surface area contributed by atoms with E-state index in [1.807, 2.05) is 36.4 Å². The molecule has 1 aliphatic heterocycles. The summed E-state index contributed by atoms with van der Waals surface area (Å²) < 4.78 is 13.8. The van der Waals surface area contributed by atoms with Crippen LogP contribution in [0.2, 0.25) is 0 Å². The van der Waals surface area contributed by atoms with Crippen LogP contribution in [0.15, 0.2) is 232 Å². The maximum absolute atomic E-state index is 6.94. The molecule has 0 spiro atoms. The van der Waals surface area contributed by atoms with Gasteiger partial charge in [-0.05, 0) is 59.2 Å². The summed E-state index contributed by atoms with van der Waals surface area (Å²) in [7, 11) is 0. The van der Waals surface area contributed by atoms with Crippen molar-refractivity contribution < 1.29 is 9.47 Å². The average molecular weight is 749 g/mol. The second kappa shape index (κ2) is 16.1. The van der Waals surface area contributed by atoms with Crippen molar-refractivity contribution in [3.63, 3.8) is 0 Å². The van der Waals surface area contributed by atoms with Crippen molar-refractivity contribution in [1.29, 1.82) is 0 Å². The van der Waals surface area contributed by atoms with Gasteiger partial charge in [-0.3, -0.25) is 0 Å². The molecule has 0 atom stereocenters. The van der Waals surface area contributed by atoms with Crippen LogP contribution in [-0.2, 0) is 0 Å². The Hall–Kier alpha value is -7.82. The number of allylic oxidation sites excluding steroid dienone is 4. The fourth-order valence-electron chi connectivity index (χ4n) is 7.54. The Balaban J connectivity index is 1.35. The van der Waals surface area contributed by atoms with Gasteiger partial charge in [0, 0.05) is 40.2 Å². The number of nitrogens with zero attached hydrogens (tertiary/aromatic N) is 2. The van der Waals surface area contributed by atoms with Gasteiger partial charge in [0.1, 0.15) is 0 Å². The van der Waals surface area contributed by atoms with Crippen molar-refractivity contribution >= 4 is 39.7 Å². The number of anilines is 6. The molecule has 4 heteroatoms. The maximum Gasteiger partial charge on any atom is 0.177 e. The van der Waals surface area contributed by atoms with Gasteiger partial charge in [0.25, 0.3) is 0 Å². The van der Waals surface area contributed by atoms with Gasteiger partial charge in [-0.1, -0.05) is 177 Å². The molecule has 0 fully saturated rings. The lowest BCUT2D eigenvalue weighted by molar-refractivity contribution is 0.359. The second-order valence-corrected chi connectivity index (χ2v) is 13.9. The molecule has 58 heavy (non-hydrogen) atoms. The van der Waals surface area contributed by atoms with Crippen LogP contribution >= 0.6 is 0 Å². The minimum atomic E-state index is 0.585. The summed E-state index contributed by atoms with van der Waals surface area (Å²) >= 11 is 0. The van der Waals surface area contributed by atoms with E-state index in [0.717, 1.165) is 67.5 Å². The number of fused-ring (bicyclic) bond motifs is 2. The van der Waals surface area contributed by atoms with E-state index in [-0.39, 0.29) is 0 Å². The summed E-state index contributed by atoms with van der Waals surface area (Å²) in [6.07, 6.45) is 5.54. The normalized spacial score (nSPS) is 11.4. The number of benzene rings is 8. The Morgan fingerprint density at radius 2 is 0.879 bits per heavy atom. The molecule has 0 bridgehead atoms. The smallest absolute Gasteiger partial charge is 0.177 e. The molecule has 0 saturated heterocycles. The third kappa shape index (κ3) is 6.95. The maximum atomic E-state index is 6.94. The van der Waals surface area contributed by atoms with E-state index < -0.39 is 0 Å². The van der Waals surface area contributed by atoms with E-state index in [4.69, 9.17) is 9.47 Å². The van der Waals surface area contributed by atoms with Gasteiger partial charge in [0.05, 0.1) is 22.7 Å². The largest absolute Gasteiger partial charge is 0.449 e. The van der Waals surface area contributed by atoms with Gasteiger partial charge in [-0.15, -0.1) is 0 Å². The fraction of sp³-hybridized carbons (Fsp3) is 0. The van der Waals surface area contributed by atoms with E-state index in [9.17, 15) is 0 Å². The summed E-state index contributed by atoms with van der Waals surface area (Å²) in [5.41, 5.74) is 11.8. The first-order valence-electron chi connectivity index (χ1n) is 19.3. The molecule has 0 saturated carbocycles. The minimum Gasteiger partial charge on any atom is -0.449 e. The van der Waals surface area contributed by atoms with E-state index in [1.165, 1.54) is 0 Å². The quantitative estimate of drug-likeness (QED) is 0.123. The number of rotatable bonds is 11. The summed E-state index contributed by atoms with van der Waals surface area (Å²) in [6.45, 7) is 8.18. The van der Waals surface area contributed by atoms with Crippen LogP contribution in [-0.4, -0.2) is 0 Å². The highest BCUT2D eigenvalue weighted by molar-refractivity contribution is 5.99. The molecule has 1 heterocycles. The second-order valence-electron chi connectivity index (χ2n) is 13.9. The summed E-state index contributed by atoms with van der Waals surface area (Å²) in [5, 5.41) is 0. The Labute approximate surface area is 340 Å².